The van der Waals surface area contributed by atoms with Gasteiger partial charge in [-0.15, -0.1) is 24.8 Å². The van der Waals surface area contributed by atoms with Gasteiger partial charge in [-0.1, -0.05) is 11.6 Å². The number of benzene rings is 1. The molecule has 0 spiro atoms. The fourth-order valence-electron chi connectivity index (χ4n) is 2.54. The lowest BCUT2D eigenvalue weighted by atomic mass is 10.0. The Kier molecular flexibility index (Phi) is 7.26. The minimum atomic E-state index is -0.0247. The Morgan fingerprint density at radius 3 is 2.70 bits per heavy atom. The smallest absolute Gasteiger partial charge is 0.252 e. The van der Waals surface area contributed by atoms with Gasteiger partial charge in [-0.2, -0.15) is 0 Å². The average molecular weight is 356 g/mol. The van der Waals surface area contributed by atoms with Crippen LogP contribution in [0.1, 0.15) is 46.8 Å². The molecule has 0 unspecified atom stereocenters. The number of nitrogens with one attached hydrogen (secondary N) is 1. The highest BCUT2D eigenvalue weighted by Crippen LogP contribution is 2.40. The molecule has 0 aliphatic heterocycles. The van der Waals surface area contributed by atoms with Crippen LogP contribution in [0, 0.1) is 6.92 Å². The number of hydrogen-bond acceptors (Lipinski definition) is 3. The first-order valence-corrected chi connectivity index (χ1v) is 7.58. The van der Waals surface area contributed by atoms with Crippen molar-refractivity contribution in [1.82, 2.24) is 10.3 Å². The molecule has 1 amide bonds. The van der Waals surface area contributed by atoms with Gasteiger partial charge in [0.05, 0.1) is 11.1 Å². The fourth-order valence-corrected chi connectivity index (χ4v) is 2.54. The molecule has 3 N–H and O–H groups in total. The molecular formula is C17H23Cl2N3O. The molecule has 126 valence electrons. The second-order valence-electron chi connectivity index (χ2n) is 5.79. The lowest BCUT2D eigenvalue weighted by Gasteiger charge is -2.10. The van der Waals surface area contributed by atoms with Crippen molar-refractivity contribution in [1.29, 1.82) is 0 Å². The summed E-state index contributed by atoms with van der Waals surface area (Å²) in [5.41, 5.74) is 9.31. The molecule has 0 radical (unpaired) electrons. The molecule has 4 nitrogen and oxygen atoms in total. The molecule has 1 heterocycles. The standard InChI is InChI=1S/C17H21N3O.2ClH/c1-11-3-6-15-13(9-11)14(17(21)19-8-2-7-18)10-16(20-15)12-4-5-12;;/h3,6,9-10,12H,2,4-5,7-8,18H2,1H3,(H,19,21);2*1H. The van der Waals surface area contributed by atoms with E-state index in [0.717, 1.165) is 34.1 Å². The van der Waals surface area contributed by atoms with Crippen LogP contribution in [0.15, 0.2) is 24.3 Å². The van der Waals surface area contributed by atoms with Crippen LogP contribution in [0.2, 0.25) is 0 Å². The lowest BCUT2D eigenvalue weighted by Crippen LogP contribution is -2.26. The number of aromatic nitrogens is 1. The first-order chi connectivity index (χ1) is 10.2. The minimum absolute atomic E-state index is 0. The van der Waals surface area contributed by atoms with Gasteiger partial charge < -0.3 is 11.1 Å². The van der Waals surface area contributed by atoms with Crippen LogP contribution in [-0.2, 0) is 0 Å². The number of pyridine rings is 1. The first-order valence-electron chi connectivity index (χ1n) is 7.58. The van der Waals surface area contributed by atoms with E-state index in [1.807, 2.05) is 31.2 Å². The van der Waals surface area contributed by atoms with Gasteiger partial charge >= 0.3 is 0 Å². The highest BCUT2D eigenvalue weighted by molar-refractivity contribution is 6.06. The summed E-state index contributed by atoms with van der Waals surface area (Å²) in [4.78, 5) is 17.2. The number of nitrogens with zero attached hydrogens (tertiary/aromatic N) is 1. The molecule has 0 atom stereocenters. The molecule has 1 aromatic carbocycles. The normalized spacial score (nSPS) is 13.1. The van der Waals surface area contributed by atoms with Crippen LogP contribution in [-0.4, -0.2) is 24.0 Å². The largest absolute Gasteiger partial charge is 0.352 e. The zero-order valence-corrected chi connectivity index (χ0v) is 14.8. The molecule has 0 saturated heterocycles. The third-order valence-electron chi connectivity index (χ3n) is 3.89. The zero-order valence-electron chi connectivity index (χ0n) is 13.2. The molecule has 6 heteroatoms. The Balaban J connectivity index is 0.00000132. The third kappa shape index (κ3) is 4.56. The summed E-state index contributed by atoms with van der Waals surface area (Å²) in [6, 6.07) is 8.06. The van der Waals surface area contributed by atoms with E-state index in [1.54, 1.807) is 0 Å². The summed E-state index contributed by atoms with van der Waals surface area (Å²) in [5.74, 6) is 0.509. The van der Waals surface area contributed by atoms with E-state index in [2.05, 4.69) is 5.32 Å². The summed E-state index contributed by atoms with van der Waals surface area (Å²) in [6.07, 6.45) is 3.15. The number of hydrogen-bond donors (Lipinski definition) is 2. The maximum atomic E-state index is 12.5. The maximum absolute atomic E-state index is 12.5. The Morgan fingerprint density at radius 1 is 1.30 bits per heavy atom. The summed E-state index contributed by atoms with van der Waals surface area (Å²) in [7, 11) is 0. The molecular weight excluding hydrogens is 333 g/mol. The molecule has 1 aromatic heterocycles. The number of aryl methyl sites for hydroxylation is 1. The van der Waals surface area contributed by atoms with Crippen LogP contribution < -0.4 is 11.1 Å². The van der Waals surface area contributed by atoms with Crippen LogP contribution in [0.3, 0.4) is 0 Å². The Morgan fingerprint density at radius 2 is 2.04 bits per heavy atom. The van der Waals surface area contributed by atoms with Crippen LogP contribution in [0.4, 0.5) is 0 Å². The van der Waals surface area contributed by atoms with Gasteiger partial charge in [-0.05, 0) is 50.9 Å². The van der Waals surface area contributed by atoms with Crippen LogP contribution in [0.25, 0.3) is 10.9 Å². The van der Waals surface area contributed by atoms with E-state index in [4.69, 9.17) is 10.7 Å². The van der Waals surface area contributed by atoms with Crippen LogP contribution >= 0.6 is 24.8 Å². The van der Waals surface area contributed by atoms with Gasteiger partial charge in [0.1, 0.15) is 0 Å². The van der Waals surface area contributed by atoms with Gasteiger partial charge in [-0.25, -0.2) is 0 Å². The third-order valence-corrected chi connectivity index (χ3v) is 3.89. The zero-order chi connectivity index (χ0) is 14.8. The van der Waals surface area contributed by atoms with Crippen molar-refractivity contribution in [3.63, 3.8) is 0 Å². The monoisotopic (exact) mass is 355 g/mol. The number of amides is 1. The highest BCUT2D eigenvalue weighted by Gasteiger charge is 2.26. The van der Waals surface area contributed by atoms with Crippen molar-refractivity contribution in [3.8, 4) is 0 Å². The minimum Gasteiger partial charge on any atom is -0.352 e. The first kappa shape index (κ1) is 19.7. The molecule has 0 bridgehead atoms. The predicted octanol–water partition coefficient (Wildman–Crippen LogP) is 3.34. The van der Waals surface area contributed by atoms with Crippen molar-refractivity contribution in [3.05, 3.63) is 41.1 Å². The number of carbonyl (C=O) groups excluding carboxylic acids is 1. The topological polar surface area (TPSA) is 68.0 Å². The molecule has 1 fully saturated rings. The molecule has 1 aliphatic rings. The van der Waals surface area contributed by atoms with Gasteiger partial charge in [0.2, 0.25) is 0 Å². The van der Waals surface area contributed by atoms with E-state index in [1.165, 1.54) is 12.8 Å². The Hall–Kier alpha value is -1.36. The summed E-state index contributed by atoms with van der Waals surface area (Å²) < 4.78 is 0. The SMILES string of the molecule is Cc1ccc2nc(C3CC3)cc(C(=O)NCCCN)c2c1.Cl.Cl. The maximum Gasteiger partial charge on any atom is 0.252 e. The van der Waals surface area contributed by atoms with Crippen molar-refractivity contribution in [2.75, 3.05) is 13.1 Å². The molecule has 3 rings (SSSR count). The van der Waals surface area contributed by atoms with Crippen molar-refractivity contribution < 1.29 is 4.79 Å². The van der Waals surface area contributed by atoms with Crippen molar-refractivity contribution in [2.45, 2.75) is 32.1 Å². The lowest BCUT2D eigenvalue weighted by molar-refractivity contribution is 0.0955. The van der Waals surface area contributed by atoms with E-state index in [-0.39, 0.29) is 30.7 Å². The predicted molar refractivity (Wildman–Crippen MR) is 99.0 cm³/mol. The highest BCUT2D eigenvalue weighted by atomic mass is 35.5. The quantitative estimate of drug-likeness (QED) is 0.808. The fraction of sp³-hybridized carbons (Fsp3) is 0.412. The number of carbonyl (C=O) groups is 1. The second kappa shape index (κ2) is 8.48. The van der Waals surface area contributed by atoms with E-state index in [9.17, 15) is 4.79 Å². The average Bonchev–Trinajstić information content (AvgIpc) is 3.31. The van der Waals surface area contributed by atoms with Crippen molar-refractivity contribution in [2.24, 2.45) is 5.73 Å². The Labute approximate surface area is 149 Å². The van der Waals surface area contributed by atoms with Gasteiger partial charge in [-0.3, -0.25) is 9.78 Å². The summed E-state index contributed by atoms with van der Waals surface area (Å²) in [5, 5.41) is 3.89. The van der Waals surface area contributed by atoms with Gasteiger partial charge in [0.15, 0.2) is 0 Å². The number of fused-ring (bicyclic) bond motifs is 1. The number of nitrogens with two attached hydrogens (primary N) is 1. The van der Waals surface area contributed by atoms with Gasteiger partial charge in [0.25, 0.3) is 5.91 Å². The molecule has 1 saturated carbocycles. The van der Waals surface area contributed by atoms with Gasteiger partial charge in [0, 0.05) is 23.5 Å². The second-order valence-corrected chi connectivity index (χ2v) is 5.79. The van der Waals surface area contributed by atoms with E-state index < -0.39 is 0 Å². The Bertz CT molecular complexity index is 687. The van der Waals surface area contributed by atoms with E-state index >= 15 is 0 Å². The molecule has 1 aliphatic carbocycles. The molecule has 2 aromatic rings. The molecule has 23 heavy (non-hydrogen) atoms. The van der Waals surface area contributed by atoms with Crippen molar-refractivity contribution >= 4 is 41.6 Å². The van der Waals surface area contributed by atoms with E-state index in [0.29, 0.717) is 19.0 Å². The van der Waals surface area contributed by atoms with Crippen LogP contribution in [0.5, 0.6) is 0 Å². The summed E-state index contributed by atoms with van der Waals surface area (Å²) in [6.45, 7) is 3.23. The summed E-state index contributed by atoms with van der Waals surface area (Å²) >= 11 is 0. The number of halogens is 2. The number of rotatable bonds is 5.